The summed E-state index contributed by atoms with van der Waals surface area (Å²) in [5.74, 6) is -0.0289. The predicted molar refractivity (Wildman–Crippen MR) is 82.5 cm³/mol. The highest BCUT2D eigenvalue weighted by molar-refractivity contribution is 14.1. The van der Waals surface area contributed by atoms with Gasteiger partial charge in [0.1, 0.15) is 6.23 Å². The van der Waals surface area contributed by atoms with Gasteiger partial charge in [-0.1, -0.05) is 0 Å². The van der Waals surface area contributed by atoms with Crippen molar-refractivity contribution in [3.63, 3.8) is 0 Å². The summed E-state index contributed by atoms with van der Waals surface area (Å²) in [6.07, 6.45) is 4.15. The summed E-state index contributed by atoms with van der Waals surface area (Å²) in [5.41, 5.74) is 2.61. The number of ether oxygens (including phenoxy) is 1. The Morgan fingerprint density at radius 3 is 3.16 bits per heavy atom. The van der Waals surface area contributed by atoms with Crippen LogP contribution in [0.15, 0.2) is 24.4 Å². The average molecular weight is 370 g/mol. The molecule has 1 aromatic carbocycles. The first-order valence-electron chi connectivity index (χ1n) is 6.30. The molecule has 0 aromatic heterocycles. The van der Waals surface area contributed by atoms with Crippen molar-refractivity contribution in [2.75, 3.05) is 19.0 Å². The lowest BCUT2D eigenvalue weighted by Gasteiger charge is -2.21. The number of amides is 1. The number of anilines is 1. The highest BCUT2D eigenvalue weighted by atomic mass is 127. The largest absolute Gasteiger partial charge is 0.362 e. The van der Waals surface area contributed by atoms with Crippen LogP contribution in [-0.4, -0.2) is 30.7 Å². The van der Waals surface area contributed by atoms with E-state index in [1.807, 2.05) is 24.4 Å². The molecule has 100 valence electrons. The van der Waals surface area contributed by atoms with Gasteiger partial charge in [0.25, 0.3) is 5.91 Å². The Kier molecular flexibility index (Phi) is 3.49. The van der Waals surface area contributed by atoms with Crippen molar-refractivity contribution in [1.29, 1.82) is 0 Å². The second-order valence-corrected chi connectivity index (χ2v) is 6.00. The molecule has 2 aliphatic rings. The van der Waals surface area contributed by atoms with Crippen molar-refractivity contribution < 1.29 is 9.53 Å². The lowest BCUT2D eigenvalue weighted by atomic mass is 10.1. The van der Waals surface area contributed by atoms with Crippen molar-refractivity contribution >= 4 is 39.8 Å². The zero-order valence-corrected chi connectivity index (χ0v) is 12.8. The van der Waals surface area contributed by atoms with E-state index in [0.717, 1.165) is 39.8 Å². The molecule has 1 amide bonds. The number of carbonyl (C=O) groups is 1. The Morgan fingerprint density at radius 1 is 1.53 bits per heavy atom. The summed E-state index contributed by atoms with van der Waals surface area (Å²) in [6, 6.07) is 5.99. The third-order valence-electron chi connectivity index (χ3n) is 3.57. The summed E-state index contributed by atoms with van der Waals surface area (Å²) in [4.78, 5) is 14.2. The van der Waals surface area contributed by atoms with Crippen LogP contribution in [0.5, 0.6) is 0 Å². The van der Waals surface area contributed by atoms with Gasteiger partial charge in [0, 0.05) is 34.7 Å². The molecule has 0 saturated carbocycles. The number of nitrogens with zero attached hydrogens (tertiary/aromatic N) is 1. The number of rotatable bonds is 2. The van der Waals surface area contributed by atoms with Gasteiger partial charge in [-0.05, 0) is 53.6 Å². The van der Waals surface area contributed by atoms with Crippen LogP contribution >= 0.6 is 22.6 Å². The van der Waals surface area contributed by atoms with Crippen LogP contribution in [0.25, 0.3) is 5.57 Å². The van der Waals surface area contributed by atoms with Gasteiger partial charge in [0.2, 0.25) is 0 Å². The van der Waals surface area contributed by atoms with E-state index in [1.165, 1.54) is 0 Å². The van der Waals surface area contributed by atoms with Crippen LogP contribution in [0.3, 0.4) is 0 Å². The molecule has 1 unspecified atom stereocenters. The molecule has 1 aromatic rings. The lowest BCUT2D eigenvalue weighted by Crippen LogP contribution is -2.26. The highest BCUT2D eigenvalue weighted by Gasteiger charge is 2.28. The number of methoxy groups -OCH3 is 1. The smallest absolute Gasteiger partial charge is 0.257 e. The maximum atomic E-state index is 12.1. The van der Waals surface area contributed by atoms with E-state index in [2.05, 4.69) is 32.8 Å². The fourth-order valence-electron chi connectivity index (χ4n) is 2.61. The van der Waals surface area contributed by atoms with Crippen LogP contribution in [0, 0.1) is 3.57 Å². The fourth-order valence-corrected chi connectivity index (χ4v) is 3.10. The van der Waals surface area contributed by atoms with Gasteiger partial charge in [0.15, 0.2) is 0 Å². The maximum Gasteiger partial charge on any atom is 0.257 e. The molecule has 2 aliphatic heterocycles. The monoisotopic (exact) mass is 370 g/mol. The second kappa shape index (κ2) is 5.13. The number of hydrogen-bond acceptors (Lipinski definition) is 3. The Balaban J connectivity index is 1.97. The zero-order chi connectivity index (χ0) is 13.4. The van der Waals surface area contributed by atoms with E-state index in [0.29, 0.717) is 0 Å². The normalized spacial score (nSPS) is 23.9. The van der Waals surface area contributed by atoms with Gasteiger partial charge in [-0.2, -0.15) is 0 Å². The minimum atomic E-state index is -0.0289. The van der Waals surface area contributed by atoms with Crippen LogP contribution in [0.2, 0.25) is 0 Å². The SMILES string of the molecule is COC1CCCN1C=C1C(=O)Nc2ccc(I)cc21. The Hall–Kier alpha value is -1.08. The number of likely N-dealkylation sites (tertiary alicyclic amines) is 1. The molecule has 1 fully saturated rings. The third kappa shape index (κ3) is 2.36. The Labute approximate surface area is 125 Å². The first kappa shape index (κ1) is 12.9. The number of halogens is 1. The van der Waals surface area contributed by atoms with Crippen LogP contribution in [-0.2, 0) is 9.53 Å². The summed E-state index contributed by atoms with van der Waals surface area (Å²) < 4.78 is 6.56. The topological polar surface area (TPSA) is 41.6 Å². The van der Waals surface area contributed by atoms with E-state index in [-0.39, 0.29) is 12.1 Å². The standard InChI is InChI=1S/C14H15IN2O2/c1-19-13-3-2-6-17(13)8-11-10-7-9(15)4-5-12(10)16-14(11)18/h4-5,7-8,13H,2-3,6H2,1H3,(H,16,18). The molecular weight excluding hydrogens is 355 g/mol. The van der Waals surface area contributed by atoms with E-state index < -0.39 is 0 Å². The molecule has 0 radical (unpaired) electrons. The first-order valence-corrected chi connectivity index (χ1v) is 7.38. The van der Waals surface area contributed by atoms with Gasteiger partial charge < -0.3 is 15.0 Å². The highest BCUT2D eigenvalue weighted by Crippen LogP contribution is 2.34. The molecule has 5 heteroatoms. The molecule has 0 bridgehead atoms. The number of carbonyl (C=O) groups excluding carboxylic acids is 1. The number of hydrogen-bond donors (Lipinski definition) is 1. The summed E-state index contributed by atoms with van der Waals surface area (Å²) in [6.45, 7) is 0.939. The average Bonchev–Trinajstić information content (AvgIpc) is 2.96. The zero-order valence-electron chi connectivity index (χ0n) is 10.6. The Morgan fingerprint density at radius 2 is 2.37 bits per heavy atom. The minimum absolute atomic E-state index is 0.0289. The van der Waals surface area contributed by atoms with Gasteiger partial charge in [-0.25, -0.2) is 0 Å². The van der Waals surface area contributed by atoms with E-state index in [9.17, 15) is 4.79 Å². The van der Waals surface area contributed by atoms with Crippen molar-refractivity contribution in [3.8, 4) is 0 Å². The molecule has 2 heterocycles. The molecule has 1 saturated heterocycles. The number of fused-ring (bicyclic) bond motifs is 1. The molecule has 0 spiro atoms. The van der Waals surface area contributed by atoms with Gasteiger partial charge >= 0.3 is 0 Å². The van der Waals surface area contributed by atoms with Crippen molar-refractivity contribution in [2.45, 2.75) is 19.1 Å². The summed E-state index contributed by atoms with van der Waals surface area (Å²) >= 11 is 2.26. The molecular formula is C14H15IN2O2. The molecule has 1 N–H and O–H groups in total. The van der Waals surface area contributed by atoms with E-state index >= 15 is 0 Å². The molecule has 1 atom stereocenters. The lowest BCUT2D eigenvalue weighted by molar-refractivity contribution is -0.110. The molecule has 19 heavy (non-hydrogen) atoms. The van der Waals surface area contributed by atoms with Gasteiger partial charge in [-0.15, -0.1) is 0 Å². The van der Waals surface area contributed by atoms with E-state index in [1.54, 1.807) is 7.11 Å². The maximum absolute atomic E-state index is 12.1. The van der Waals surface area contributed by atoms with E-state index in [4.69, 9.17) is 4.74 Å². The summed E-state index contributed by atoms with van der Waals surface area (Å²) in [7, 11) is 1.72. The fraction of sp³-hybridized carbons (Fsp3) is 0.357. The molecule has 4 nitrogen and oxygen atoms in total. The number of nitrogens with one attached hydrogen (secondary N) is 1. The molecule has 3 rings (SSSR count). The van der Waals surface area contributed by atoms with Crippen molar-refractivity contribution in [2.24, 2.45) is 0 Å². The quantitative estimate of drug-likeness (QED) is 0.643. The third-order valence-corrected chi connectivity index (χ3v) is 4.24. The van der Waals surface area contributed by atoms with Crippen LogP contribution < -0.4 is 5.32 Å². The minimum Gasteiger partial charge on any atom is -0.362 e. The van der Waals surface area contributed by atoms with Crippen molar-refractivity contribution in [1.82, 2.24) is 4.90 Å². The predicted octanol–water partition coefficient (Wildman–Crippen LogP) is 2.65. The Bertz CT molecular complexity index is 556. The van der Waals surface area contributed by atoms with Gasteiger partial charge in [0.05, 0.1) is 5.57 Å². The first-order chi connectivity index (χ1) is 9.19. The van der Waals surface area contributed by atoms with Crippen molar-refractivity contribution in [3.05, 3.63) is 33.5 Å². The van der Waals surface area contributed by atoms with Gasteiger partial charge in [-0.3, -0.25) is 4.79 Å². The molecule has 0 aliphatic carbocycles. The summed E-state index contributed by atoms with van der Waals surface area (Å²) in [5, 5.41) is 2.90. The van der Waals surface area contributed by atoms with Crippen LogP contribution in [0.4, 0.5) is 5.69 Å². The number of benzene rings is 1. The van der Waals surface area contributed by atoms with Crippen LogP contribution in [0.1, 0.15) is 18.4 Å². The second-order valence-electron chi connectivity index (χ2n) is 4.76.